The summed E-state index contributed by atoms with van der Waals surface area (Å²) in [5.74, 6) is -0.483. The highest BCUT2D eigenvalue weighted by Crippen LogP contribution is 2.30. The quantitative estimate of drug-likeness (QED) is 0.647. The molecule has 1 aromatic carbocycles. The summed E-state index contributed by atoms with van der Waals surface area (Å²) in [6, 6.07) is 2.42. The van der Waals surface area contributed by atoms with Gasteiger partial charge in [-0.05, 0) is 24.6 Å². The maximum absolute atomic E-state index is 11.4. The highest BCUT2D eigenvalue weighted by atomic mass is 35.5. The molecule has 0 aliphatic carbocycles. The van der Waals surface area contributed by atoms with Crippen LogP contribution in [0.5, 0.6) is 0 Å². The van der Waals surface area contributed by atoms with Crippen LogP contribution < -0.4 is 11.5 Å². The lowest BCUT2D eigenvalue weighted by atomic mass is 10.0. The summed E-state index contributed by atoms with van der Waals surface area (Å²) in [5.41, 5.74) is 12.5. The Balaban J connectivity index is 0. The molecule has 1 aromatic rings. The maximum Gasteiger partial charge on any atom is 0.323 e. The summed E-state index contributed by atoms with van der Waals surface area (Å²) in [7, 11) is 0. The molecule has 19 heavy (non-hydrogen) atoms. The minimum atomic E-state index is -0.798. The molecular formula is C11H16Cl4N2O2. The Morgan fingerprint density at radius 3 is 2.47 bits per heavy atom. The Bertz CT molecular complexity index is 429. The number of benzene rings is 1. The third kappa shape index (κ3) is 5.63. The molecule has 110 valence electrons. The molecule has 0 spiro atoms. The van der Waals surface area contributed by atoms with E-state index in [0.29, 0.717) is 21.3 Å². The number of ether oxygens (including phenoxy) is 1. The van der Waals surface area contributed by atoms with E-state index in [9.17, 15) is 4.79 Å². The minimum Gasteiger partial charge on any atom is -0.465 e. The number of hydrogen-bond donors (Lipinski definition) is 2. The highest BCUT2D eigenvalue weighted by Gasteiger charge is 2.19. The zero-order valence-electron chi connectivity index (χ0n) is 10.2. The van der Waals surface area contributed by atoms with Crippen LogP contribution in [-0.2, 0) is 16.0 Å². The molecule has 0 saturated carbocycles. The third-order valence-corrected chi connectivity index (χ3v) is 3.09. The fourth-order valence-electron chi connectivity index (χ4n) is 1.37. The van der Waals surface area contributed by atoms with Gasteiger partial charge in [-0.3, -0.25) is 4.79 Å². The molecule has 0 fully saturated rings. The molecule has 0 heterocycles. The van der Waals surface area contributed by atoms with Gasteiger partial charge in [0.2, 0.25) is 0 Å². The Morgan fingerprint density at radius 2 is 1.95 bits per heavy atom. The van der Waals surface area contributed by atoms with E-state index in [1.165, 1.54) is 0 Å². The molecule has 0 saturated heterocycles. The van der Waals surface area contributed by atoms with Gasteiger partial charge < -0.3 is 16.2 Å². The maximum atomic E-state index is 11.4. The average molecular weight is 350 g/mol. The van der Waals surface area contributed by atoms with E-state index in [1.807, 2.05) is 0 Å². The Morgan fingerprint density at radius 1 is 1.37 bits per heavy atom. The van der Waals surface area contributed by atoms with Crippen molar-refractivity contribution in [2.75, 3.05) is 12.3 Å². The number of anilines is 1. The number of nitrogen functional groups attached to an aromatic ring is 1. The molecule has 4 N–H and O–H groups in total. The van der Waals surface area contributed by atoms with Crippen LogP contribution >= 0.6 is 48.0 Å². The van der Waals surface area contributed by atoms with Crippen LogP contribution in [0.15, 0.2) is 12.1 Å². The predicted octanol–water partition coefficient (Wildman–Crippen LogP) is 2.85. The number of halogens is 4. The van der Waals surface area contributed by atoms with Gasteiger partial charge in [0.25, 0.3) is 0 Å². The van der Waals surface area contributed by atoms with Crippen LogP contribution in [-0.4, -0.2) is 18.6 Å². The summed E-state index contributed by atoms with van der Waals surface area (Å²) in [5, 5.41) is 0.707. The van der Waals surface area contributed by atoms with Crippen molar-refractivity contribution in [2.45, 2.75) is 19.4 Å². The lowest BCUT2D eigenvalue weighted by Crippen LogP contribution is -2.34. The predicted molar refractivity (Wildman–Crippen MR) is 83.7 cm³/mol. The van der Waals surface area contributed by atoms with Crippen LogP contribution in [0.4, 0.5) is 5.69 Å². The number of hydrogen-bond acceptors (Lipinski definition) is 4. The fourth-order valence-corrected chi connectivity index (χ4v) is 1.79. The van der Waals surface area contributed by atoms with Gasteiger partial charge >= 0.3 is 5.97 Å². The van der Waals surface area contributed by atoms with Crippen molar-refractivity contribution in [3.05, 3.63) is 27.7 Å². The molecular weight excluding hydrogens is 334 g/mol. The van der Waals surface area contributed by atoms with Crippen molar-refractivity contribution >= 4 is 59.7 Å². The molecule has 0 aliphatic heterocycles. The highest BCUT2D eigenvalue weighted by molar-refractivity contribution is 6.42. The summed E-state index contributed by atoms with van der Waals surface area (Å²) < 4.78 is 4.81. The Kier molecular flexibility index (Phi) is 10.5. The summed E-state index contributed by atoms with van der Waals surface area (Å²) >= 11 is 11.9. The van der Waals surface area contributed by atoms with Crippen LogP contribution in [0.3, 0.4) is 0 Å². The van der Waals surface area contributed by atoms with E-state index in [0.717, 1.165) is 0 Å². The van der Waals surface area contributed by atoms with Gasteiger partial charge in [-0.15, -0.1) is 24.8 Å². The van der Waals surface area contributed by atoms with E-state index in [2.05, 4.69) is 0 Å². The zero-order valence-corrected chi connectivity index (χ0v) is 13.3. The van der Waals surface area contributed by atoms with Crippen LogP contribution in [0.25, 0.3) is 0 Å². The second-order valence-electron chi connectivity index (χ2n) is 3.49. The smallest absolute Gasteiger partial charge is 0.323 e. The normalized spacial score (nSPS) is 10.9. The number of esters is 1. The average Bonchev–Trinajstić information content (AvgIpc) is 2.29. The summed E-state index contributed by atoms with van der Waals surface area (Å²) in [6.45, 7) is 2.00. The third-order valence-electron chi connectivity index (χ3n) is 2.25. The second-order valence-corrected chi connectivity index (χ2v) is 4.28. The lowest BCUT2D eigenvalue weighted by Gasteiger charge is -2.14. The summed E-state index contributed by atoms with van der Waals surface area (Å²) in [6.07, 6.45) is 0.198. The standard InChI is InChI=1S/C11H14Cl2N2O2.2ClH/c1-2-17-11(16)9(15)5-6-8(14)4-3-7(12)10(6)13;;/h3-4,9H,2,5,14-15H2,1H3;2*1H. The molecule has 1 rings (SSSR count). The Hall–Kier alpha value is -0.390. The summed E-state index contributed by atoms with van der Waals surface area (Å²) in [4.78, 5) is 11.4. The van der Waals surface area contributed by atoms with Crippen LogP contribution in [0.1, 0.15) is 12.5 Å². The lowest BCUT2D eigenvalue weighted by molar-refractivity contribution is -0.144. The van der Waals surface area contributed by atoms with E-state index < -0.39 is 12.0 Å². The van der Waals surface area contributed by atoms with E-state index in [4.69, 9.17) is 39.4 Å². The van der Waals surface area contributed by atoms with Gasteiger partial charge in [0.05, 0.1) is 16.7 Å². The van der Waals surface area contributed by atoms with Gasteiger partial charge in [-0.2, -0.15) is 0 Å². The number of rotatable bonds is 4. The largest absolute Gasteiger partial charge is 0.465 e. The molecule has 4 nitrogen and oxygen atoms in total. The minimum absolute atomic E-state index is 0. The zero-order chi connectivity index (χ0) is 13.0. The van der Waals surface area contributed by atoms with Gasteiger partial charge in [-0.1, -0.05) is 23.2 Å². The van der Waals surface area contributed by atoms with Crippen molar-refractivity contribution in [3.8, 4) is 0 Å². The number of carbonyl (C=O) groups excluding carboxylic acids is 1. The van der Waals surface area contributed by atoms with E-state index in [1.54, 1.807) is 19.1 Å². The van der Waals surface area contributed by atoms with Gasteiger partial charge in [0.15, 0.2) is 0 Å². The first-order valence-corrected chi connectivity index (χ1v) is 5.87. The van der Waals surface area contributed by atoms with Crippen molar-refractivity contribution in [2.24, 2.45) is 5.73 Å². The van der Waals surface area contributed by atoms with Crippen molar-refractivity contribution < 1.29 is 9.53 Å². The monoisotopic (exact) mass is 348 g/mol. The van der Waals surface area contributed by atoms with E-state index >= 15 is 0 Å². The number of carbonyl (C=O) groups is 1. The van der Waals surface area contributed by atoms with Gasteiger partial charge in [-0.25, -0.2) is 0 Å². The molecule has 0 bridgehead atoms. The number of nitrogens with two attached hydrogens (primary N) is 2. The molecule has 0 aromatic heterocycles. The van der Waals surface area contributed by atoms with E-state index in [-0.39, 0.29) is 37.8 Å². The molecule has 0 radical (unpaired) electrons. The van der Waals surface area contributed by atoms with Gasteiger partial charge in [0, 0.05) is 12.1 Å². The topological polar surface area (TPSA) is 78.3 Å². The first-order chi connectivity index (χ1) is 7.97. The first-order valence-electron chi connectivity index (χ1n) is 5.12. The second kappa shape index (κ2) is 9.50. The first kappa shape index (κ1) is 20.9. The fraction of sp³-hybridized carbons (Fsp3) is 0.364. The SMILES string of the molecule is CCOC(=O)C(N)Cc1c(N)ccc(Cl)c1Cl.Cl.Cl. The van der Waals surface area contributed by atoms with Crippen LogP contribution in [0, 0.1) is 0 Å². The molecule has 1 unspecified atom stereocenters. The molecule has 8 heteroatoms. The van der Waals surface area contributed by atoms with Crippen molar-refractivity contribution in [1.82, 2.24) is 0 Å². The molecule has 0 aliphatic rings. The van der Waals surface area contributed by atoms with Crippen LogP contribution in [0.2, 0.25) is 10.0 Å². The Labute approximate surface area is 134 Å². The van der Waals surface area contributed by atoms with Gasteiger partial charge in [0.1, 0.15) is 6.04 Å². The van der Waals surface area contributed by atoms with Crippen molar-refractivity contribution in [3.63, 3.8) is 0 Å². The molecule has 1 atom stereocenters. The van der Waals surface area contributed by atoms with Crippen molar-refractivity contribution in [1.29, 1.82) is 0 Å². The molecule has 0 amide bonds.